The Balaban J connectivity index is 1.48. The lowest BCUT2D eigenvalue weighted by atomic mass is 9.67. The van der Waals surface area contributed by atoms with E-state index in [1.807, 2.05) is 54.6 Å². The van der Waals surface area contributed by atoms with Crippen LogP contribution < -0.4 is 20.0 Å². The molecule has 3 aliphatic heterocycles. The summed E-state index contributed by atoms with van der Waals surface area (Å²) in [7, 11) is 0. The number of halogens is 1. The van der Waals surface area contributed by atoms with Crippen molar-refractivity contribution in [3.63, 3.8) is 0 Å². The van der Waals surface area contributed by atoms with Gasteiger partial charge in [0.2, 0.25) is 5.91 Å². The fourth-order valence-corrected chi connectivity index (χ4v) is 5.78. The molecule has 2 saturated heterocycles. The number of nitrogens with zero attached hydrogens (tertiary/aromatic N) is 3. The quantitative estimate of drug-likeness (QED) is 0.557. The van der Waals surface area contributed by atoms with Crippen LogP contribution in [0.1, 0.15) is 5.56 Å². The van der Waals surface area contributed by atoms with E-state index in [0.717, 1.165) is 28.4 Å². The summed E-state index contributed by atoms with van der Waals surface area (Å²) >= 11 is 6.10. The highest BCUT2D eigenvalue weighted by atomic mass is 35.5. The summed E-state index contributed by atoms with van der Waals surface area (Å²) in [5, 5.41) is 3.16. The van der Waals surface area contributed by atoms with Gasteiger partial charge < -0.3 is 9.80 Å². The molecule has 0 radical (unpaired) electrons. The smallest absolute Gasteiger partial charge is 0.335 e. The first-order chi connectivity index (χ1) is 17.0. The lowest BCUT2D eigenvalue weighted by Crippen LogP contribution is -2.75. The van der Waals surface area contributed by atoms with Crippen LogP contribution in [0.25, 0.3) is 0 Å². The maximum absolute atomic E-state index is 14.3. The van der Waals surface area contributed by atoms with Crippen molar-refractivity contribution in [2.24, 2.45) is 5.41 Å². The van der Waals surface area contributed by atoms with Crippen molar-refractivity contribution in [1.82, 2.24) is 5.32 Å². The van der Waals surface area contributed by atoms with Crippen LogP contribution in [-0.4, -0.2) is 43.5 Å². The van der Waals surface area contributed by atoms with E-state index in [-0.39, 0.29) is 6.42 Å². The van der Waals surface area contributed by atoms with E-state index >= 15 is 0 Å². The van der Waals surface area contributed by atoms with Crippen molar-refractivity contribution >= 4 is 46.5 Å². The molecule has 7 nitrogen and oxygen atoms in total. The van der Waals surface area contributed by atoms with E-state index in [0.29, 0.717) is 23.8 Å². The van der Waals surface area contributed by atoms with E-state index in [1.165, 1.54) is 0 Å². The van der Waals surface area contributed by atoms with Gasteiger partial charge >= 0.3 is 6.03 Å². The second kappa shape index (κ2) is 8.13. The number of carbonyl (C=O) groups is 3. The fraction of sp³-hybridized carbons (Fsp3) is 0.222. The molecule has 0 aromatic heterocycles. The molecule has 0 saturated carbocycles. The first kappa shape index (κ1) is 21.7. The van der Waals surface area contributed by atoms with E-state index in [1.54, 1.807) is 24.3 Å². The van der Waals surface area contributed by atoms with Crippen LogP contribution >= 0.6 is 11.6 Å². The van der Waals surface area contributed by atoms with E-state index in [2.05, 4.69) is 15.1 Å². The second-order valence-corrected chi connectivity index (χ2v) is 9.58. The number of para-hydroxylation sites is 2. The third-order valence-electron chi connectivity index (χ3n) is 7.34. The summed E-state index contributed by atoms with van der Waals surface area (Å²) in [6.07, 6.45) is 0.222. The van der Waals surface area contributed by atoms with Gasteiger partial charge in [-0.2, -0.15) is 0 Å². The highest BCUT2D eigenvalue weighted by Gasteiger charge is 2.63. The van der Waals surface area contributed by atoms with Crippen LogP contribution in [0.4, 0.5) is 21.9 Å². The number of anilines is 3. The van der Waals surface area contributed by atoms with Gasteiger partial charge in [0.15, 0.2) is 5.41 Å². The number of imide groups is 2. The summed E-state index contributed by atoms with van der Waals surface area (Å²) in [6, 6.07) is 23.1. The Morgan fingerprint density at radius 3 is 2.31 bits per heavy atom. The third kappa shape index (κ3) is 3.30. The number of piperazine rings is 1. The monoisotopic (exact) mass is 486 g/mol. The third-order valence-corrected chi connectivity index (χ3v) is 7.59. The molecule has 8 heteroatoms. The molecule has 2 fully saturated rings. The van der Waals surface area contributed by atoms with Crippen molar-refractivity contribution in [3.8, 4) is 0 Å². The SMILES string of the molecule is O=C1NC(=O)C2(Cc3ccccc3N3CCN(c4ccc(Cl)cc4)CC32)C(=O)N1c1ccccc1. The predicted octanol–water partition coefficient (Wildman–Crippen LogP) is 3.86. The summed E-state index contributed by atoms with van der Waals surface area (Å²) in [5.74, 6) is -1.03. The summed E-state index contributed by atoms with van der Waals surface area (Å²) < 4.78 is 0. The average Bonchev–Trinajstić information content (AvgIpc) is 2.88. The second-order valence-electron chi connectivity index (χ2n) is 9.14. The molecule has 0 bridgehead atoms. The predicted molar refractivity (Wildman–Crippen MR) is 135 cm³/mol. The van der Waals surface area contributed by atoms with E-state index in [4.69, 9.17) is 11.6 Å². The number of fused-ring (bicyclic) bond motifs is 4. The summed E-state index contributed by atoms with van der Waals surface area (Å²) in [5.41, 5.74) is 1.92. The normalized spacial score (nSPS) is 23.7. The lowest BCUT2D eigenvalue weighted by Gasteiger charge is -2.55. The standard InChI is InChI=1S/C27H23ClN4O3/c28-19-10-12-20(13-11-19)30-14-15-31-22-9-5-4-6-18(22)16-27(23(31)17-30)24(33)29-26(35)32(25(27)34)21-7-2-1-3-8-21/h1-13,23H,14-17H2,(H,29,33,35). The molecular formula is C27H23ClN4O3. The minimum atomic E-state index is -1.46. The number of rotatable bonds is 2. The Kier molecular flexibility index (Phi) is 5.04. The molecule has 0 aliphatic carbocycles. The lowest BCUT2D eigenvalue weighted by molar-refractivity contribution is -0.144. The maximum atomic E-state index is 14.3. The van der Waals surface area contributed by atoms with Gasteiger partial charge in [-0.25, -0.2) is 9.69 Å². The molecule has 3 aromatic carbocycles. The first-order valence-corrected chi connectivity index (χ1v) is 12.0. The van der Waals surface area contributed by atoms with Gasteiger partial charge in [-0.3, -0.25) is 14.9 Å². The molecule has 3 aromatic rings. The van der Waals surface area contributed by atoms with Gasteiger partial charge in [0.05, 0.1) is 11.7 Å². The van der Waals surface area contributed by atoms with Crippen LogP contribution in [0.15, 0.2) is 78.9 Å². The van der Waals surface area contributed by atoms with E-state index < -0.39 is 29.3 Å². The van der Waals surface area contributed by atoms with Crippen LogP contribution in [0.3, 0.4) is 0 Å². The largest absolute Gasteiger partial charge is 0.368 e. The Labute approximate surface area is 207 Å². The number of benzene rings is 3. The number of nitrogens with one attached hydrogen (secondary N) is 1. The summed E-state index contributed by atoms with van der Waals surface area (Å²) in [6.45, 7) is 1.80. The zero-order chi connectivity index (χ0) is 24.2. The number of carbonyl (C=O) groups excluding carboxylic acids is 3. The number of barbiturate groups is 1. The minimum Gasteiger partial charge on any atom is -0.368 e. The Morgan fingerprint density at radius 2 is 1.54 bits per heavy atom. The zero-order valence-electron chi connectivity index (χ0n) is 18.9. The molecule has 3 heterocycles. The van der Waals surface area contributed by atoms with E-state index in [9.17, 15) is 14.4 Å². The van der Waals surface area contributed by atoms with Crippen molar-refractivity contribution in [1.29, 1.82) is 0 Å². The topological polar surface area (TPSA) is 73.0 Å². The minimum absolute atomic E-state index is 0.222. The number of urea groups is 1. The maximum Gasteiger partial charge on any atom is 0.335 e. The van der Waals surface area contributed by atoms with Gasteiger partial charge in [0, 0.05) is 36.0 Å². The zero-order valence-corrected chi connectivity index (χ0v) is 19.6. The van der Waals surface area contributed by atoms with Crippen LogP contribution in [-0.2, 0) is 16.0 Å². The molecule has 6 rings (SSSR count). The molecule has 2 unspecified atom stereocenters. The molecule has 2 atom stereocenters. The number of hydrogen-bond acceptors (Lipinski definition) is 5. The number of hydrogen-bond donors (Lipinski definition) is 1. The van der Waals surface area contributed by atoms with Crippen LogP contribution in [0.5, 0.6) is 0 Å². The highest BCUT2D eigenvalue weighted by Crippen LogP contribution is 2.46. The van der Waals surface area contributed by atoms with Gasteiger partial charge in [-0.15, -0.1) is 0 Å². The molecule has 35 heavy (non-hydrogen) atoms. The average molecular weight is 487 g/mol. The van der Waals surface area contributed by atoms with Gasteiger partial charge in [-0.05, 0) is 54.4 Å². The molecule has 1 spiro atoms. The Morgan fingerprint density at radius 1 is 0.829 bits per heavy atom. The van der Waals surface area contributed by atoms with Crippen molar-refractivity contribution < 1.29 is 14.4 Å². The molecule has 176 valence electrons. The fourth-order valence-electron chi connectivity index (χ4n) is 5.65. The Hall–Kier alpha value is -3.84. The van der Waals surface area contributed by atoms with Crippen LogP contribution in [0.2, 0.25) is 5.02 Å². The molecular weight excluding hydrogens is 464 g/mol. The number of amides is 4. The molecule has 4 amide bonds. The highest BCUT2D eigenvalue weighted by molar-refractivity contribution is 6.31. The van der Waals surface area contributed by atoms with Crippen molar-refractivity contribution in [2.75, 3.05) is 34.3 Å². The van der Waals surface area contributed by atoms with Gasteiger partial charge in [0.25, 0.3) is 5.91 Å². The Bertz CT molecular complexity index is 1330. The molecule has 3 aliphatic rings. The van der Waals surface area contributed by atoms with Crippen LogP contribution in [0, 0.1) is 5.41 Å². The van der Waals surface area contributed by atoms with Crippen molar-refractivity contribution in [2.45, 2.75) is 12.5 Å². The summed E-state index contributed by atoms with van der Waals surface area (Å²) in [4.78, 5) is 46.3. The van der Waals surface area contributed by atoms with Gasteiger partial charge in [-0.1, -0.05) is 48.0 Å². The van der Waals surface area contributed by atoms with Gasteiger partial charge in [0.1, 0.15) is 0 Å². The molecule has 1 N–H and O–H groups in total. The van der Waals surface area contributed by atoms with Crippen molar-refractivity contribution in [3.05, 3.63) is 89.4 Å². The first-order valence-electron chi connectivity index (χ1n) is 11.6.